The van der Waals surface area contributed by atoms with Crippen LogP contribution in [-0.2, 0) is 28.6 Å². The zero-order valence-electron chi connectivity index (χ0n) is 17.1. The van der Waals surface area contributed by atoms with Crippen LogP contribution in [-0.4, -0.2) is 22.6 Å². The summed E-state index contributed by atoms with van der Waals surface area (Å²) < 4.78 is 15.0. The van der Waals surface area contributed by atoms with Crippen LogP contribution >= 0.6 is 23.2 Å². The molecule has 0 aliphatic carbocycles. The van der Waals surface area contributed by atoms with Gasteiger partial charge in [-0.1, -0.05) is 59.6 Å². The van der Waals surface area contributed by atoms with Crippen molar-refractivity contribution in [3.63, 3.8) is 0 Å². The first-order chi connectivity index (χ1) is 15.6. The highest BCUT2D eigenvalue weighted by atomic mass is 35.5. The minimum Gasteiger partial charge on any atom is -0.501 e. The third-order valence-electron chi connectivity index (χ3n) is 4.50. The standard InChI is InChI=1S/C12H10ClNO4.C10H8ClNO3/c1-6(15)17-11-9(16)10(18-12(11)14)7-4-2-3-5-8(7)13;11-6-4-2-1-3-5(6)9-7(13)8(14)10(12)15-9/h2-5,10H,14H2,1H3;1-4,9,14H,12H2. The fourth-order valence-electron chi connectivity index (χ4n) is 2.99. The fraction of sp³-hybridized carbons (Fsp3) is 0.136. The van der Waals surface area contributed by atoms with Gasteiger partial charge in [-0.15, -0.1) is 0 Å². The number of hydrogen-bond donors (Lipinski definition) is 3. The Morgan fingerprint density at radius 1 is 0.879 bits per heavy atom. The van der Waals surface area contributed by atoms with Crippen LogP contribution in [0.1, 0.15) is 30.3 Å². The van der Waals surface area contributed by atoms with Crippen LogP contribution in [0.3, 0.4) is 0 Å². The molecule has 2 aliphatic heterocycles. The predicted octanol–water partition coefficient (Wildman–Crippen LogP) is 3.34. The zero-order valence-corrected chi connectivity index (χ0v) is 18.6. The van der Waals surface area contributed by atoms with E-state index in [0.29, 0.717) is 21.2 Å². The second-order valence-corrected chi connectivity index (χ2v) is 7.58. The van der Waals surface area contributed by atoms with E-state index in [9.17, 15) is 19.5 Å². The lowest BCUT2D eigenvalue weighted by molar-refractivity contribution is -0.140. The smallest absolute Gasteiger partial charge is 0.308 e. The molecule has 0 spiro atoms. The Hall–Kier alpha value is -3.69. The zero-order chi connectivity index (χ0) is 24.3. The number of aliphatic hydroxyl groups is 1. The number of carbonyl (C=O) groups is 3. The summed E-state index contributed by atoms with van der Waals surface area (Å²) >= 11 is 11.9. The minimum absolute atomic E-state index is 0.208. The molecular weight excluding hydrogens is 475 g/mol. The molecule has 33 heavy (non-hydrogen) atoms. The highest BCUT2D eigenvalue weighted by Crippen LogP contribution is 2.35. The molecule has 2 unspecified atom stereocenters. The molecule has 2 aromatic carbocycles. The molecule has 0 saturated heterocycles. The van der Waals surface area contributed by atoms with Gasteiger partial charge in [-0.05, 0) is 12.1 Å². The van der Waals surface area contributed by atoms with Gasteiger partial charge in [0.15, 0.2) is 12.2 Å². The van der Waals surface area contributed by atoms with Crippen molar-refractivity contribution < 1.29 is 33.7 Å². The summed E-state index contributed by atoms with van der Waals surface area (Å²) in [7, 11) is 0. The third kappa shape index (κ3) is 5.05. The number of esters is 1. The number of halogens is 2. The fourth-order valence-corrected chi connectivity index (χ4v) is 3.46. The van der Waals surface area contributed by atoms with Gasteiger partial charge in [0.2, 0.25) is 34.9 Å². The maximum atomic E-state index is 12.0. The van der Waals surface area contributed by atoms with E-state index in [1.807, 2.05) is 0 Å². The van der Waals surface area contributed by atoms with Crippen molar-refractivity contribution in [1.29, 1.82) is 0 Å². The summed E-state index contributed by atoms with van der Waals surface area (Å²) in [4.78, 5) is 34.4. The van der Waals surface area contributed by atoms with Crippen LogP contribution in [0.15, 0.2) is 71.8 Å². The number of aliphatic hydroxyl groups excluding tert-OH is 1. The van der Waals surface area contributed by atoms with Crippen molar-refractivity contribution in [2.75, 3.05) is 0 Å². The van der Waals surface area contributed by atoms with Gasteiger partial charge in [-0.3, -0.25) is 14.4 Å². The van der Waals surface area contributed by atoms with Crippen molar-refractivity contribution in [2.24, 2.45) is 11.5 Å². The van der Waals surface area contributed by atoms with Gasteiger partial charge in [0.25, 0.3) is 0 Å². The van der Waals surface area contributed by atoms with Crippen LogP contribution in [0.25, 0.3) is 0 Å². The van der Waals surface area contributed by atoms with E-state index in [2.05, 4.69) is 0 Å². The highest BCUT2D eigenvalue weighted by Gasteiger charge is 2.39. The summed E-state index contributed by atoms with van der Waals surface area (Å²) in [5.41, 5.74) is 11.8. The molecule has 0 aromatic heterocycles. The van der Waals surface area contributed by atoms with Crippen LogP contribution in [0.2, 0.25) is 10.0 Å². The predicted molar refractivity (Wildman–Crippen MR) is 117 cm³/mol. The average molecular weight is 493 g/mol. The van der Waals surface area contributed by atoms with E-state index < -0.39 is 35.5 Å². The van der Waals surface area contributed by atoms with E-state index in [0.717, 1.165) is 0 Å². The van der Waals surface area contributed by atoms with Gasteiger partial charge in [0.05, 0.1) is 0 Å². The first-order valence-electron chi connectivity index (χ1n) is 9.39. The molecule has 2 atom stereocenters. The number of carbonyl (C=O) groups excluding carboxylic acids is 3. The van der Waals surface area contributed by atoms with Crippen LogP contribution < -0.4 is 11.5 Å². The Labute approximate surface area is 198 Å². The van der Waals surface area contributed by atoms with Crippen molar-refractivity contribution in [1.82, 2.24) is 0 Å². The first-order valence-corrected chi connectivity index (χ1v) is 10.1. The van der Waals surface area contributed by atoms with Crippen molar-refractivity contribution >= 4 is 40.7 Å². The number of rotatable bonds is 3. The van der Waals surface area contributed by atoms with E-state index in [1.165, 1.54) is 6.92 Å². The molecule has 0 fully saturated rings. The van der Waals surface area contributed by atoms with Gasteiger partial charge in [-0.25, -0.2) is 0 Å². The van der Waals surface area contributed by atoms with Gasteiger partial charge in [0.1, 0.15) is 0 Å². The minimum atomic E-state index is -0.965. The van der Waals surface area contributed by atoms with E-state index in [1.54, 1.807) is 48.5 Å². The molecule has 0 radical (unpaired) electrons. The van der Waals surface area contributed by atoms with Gasteiger partial charge >= 0.3 is 5.97 Å². The lowest BCUT2D eigenvalue weighted by Crippen LogP contribution is -2.13. The monoisotopic (exact) mass is 492 g/mol. The molecular formula is C22H18Cl2N2O7. The van der Waals surface area contributed by atoms with E-state index in [4.69, 9.17) is 48.9 Å². The SMILES string of the molecule is CC(=O)OC1=C(N)OC(c2ccccc2Cl)C1=O.NC1=C(O)C(=O)C(c2ccccc2Cl)O1. The second-order valence-electron chi connectivity index (χ2n) is 6.77. The molecule has 0 amide bonds. The first kappa shape index (κ1) is 24.0. The molecule has 0 saturated carbocycles. The molecule has 2 heterocycles. The Morgan fingerprint density at radius 2 is 1.33 bits per heavy atom. The summed E-state index contributed by atoms with van der Waals surface area (Å²) in [6, 6.07) is 13.5. The molecule has 4 rings (SSSR count). The van der Waals surface area contributed by atoms with Gasteiger partial charge in [0, 0.05) is 28.1 Å². The molecule has 0 bridgehead atoms. The second kappa shape index (κ2) is 9.85. The average Bonchev–Trinajstić information content (AvgIpc) is 3.19. The van der Waals surface area contributed by atoms with Crippen LogP contribution in [0.4, 0.5) is 0 Å². The Bertz CT molecular complexity index is 1190. The molecule has 5 N–H and O–H groups in total. The molecule has 9 nitrogen and oxygen atoms in total. The highest BCUT2D eigenvalue weighted by molar-refractivity contribution is 6.32. The molecule has 172 valence electrons. The number of Topliss-reactive ketones (excluding diaryl/α,β-unsaturated/α-hetero) is 2. The van der Waals surface area contributed by atoms with Gasteiger partial charge in [-0.2, -0.15) is 0 Å². The maximum absolute atomic E-state index is 12.0. The largest absolute Gasteiger partial charge is 0.501 e. The Balaban J connectivity index is 0.000000189. The topological polar surface area (TPSA) is 151 Å². The number of hydrogen-bond acceptors (Lipinski definition) is 9. The number of ketones is 2. The molecule has 11 heteroatoms. The van der Waals surface area contributed by atoms with Crippen LogP contribution in [0.5, 0.6) is 0 Å². The lowest BCUT2D eigenvalue weighted by Gasteiger charge is -2.11. The lowest BCUT2D eigenvalue weighted by atomic mass is 10.1. The van der Waals surface area contributed by atoms with Crippen molar-refractivity contribution in [3.8, 4) is 0 Å². The molecule has 2 aromatic rings. The molecule has 2 aliphatic rings. The summed E-state index contributed by atoms with van der Waals surface area (Å²) in [6.07, 6.45) is -1.90. The Morgan fingerprint density at radius 3 is 1.76 bits per heavy atom. The van der Waals surface area contributed by atoms with E-state index >= 15 is 0 Å². The number of benzene rings is 2. The normalized spacial score (nSPS) is 19.6. The quantitative estimate of drug-likeness (QED) is 0.547. The van der Waals surface area contributed by atoms with Gasteiger partial charge < -0.3 is 30.8 Å². The number of nitrogens with two attached hydrogens (primary N) is 2. The van der Waals surface area contributed by atoms with Crippen molar-refractivity contribution in [2.45, 2.75) is 19.1 Å². The summed E-state index contributed by atoms with van der Waals surface area (Å²) in [6.45, 7) is 1.18. The van der Waals surface area contributed by atoms with E-state index in [-0.39, 0.29) is 17.5 Å². The summed E-state index contributed by atoms with van der Waals surface area (Å²) in [5.74, 6) is -3.00. The number of ether oxygens (including phenoxy) is 3. The van der Waals surface area contributed by atoms with Crippen LogP contribution in [0, 0.1) is 0 Å². The Kier molecular flexibility index (Phi) is 7.15. The third-order valence-corrected chi connectivity index (χ3v) is 5.19. The summed E-state index contributed by atoms with van der Waals surface area (Å²) in [5, 5.41) is 10.0. The maximum Gasteiger partial charge on any atom is 0.308 e. The van der Waals surface area contributed by atoms with Crippen molar-refractivity contribution in [3.05, 3.63) is 93.0 Å².